The number of benzene rings is 1. The van der Waals surface area contributed by atoms with Crippen LogP contribution in [0.3, 0.4) is 0 Å². The molecule has 0 spiro atoms. The van der Waals surface area contributed by atoms with E-state index in [0.29, 0.717) is 5.92 Å². The Balaban J connectivity index is 2.75. The van der Waals surface area contributed by atoms with Gasteiger partial charge in [0.2, 0.25) is 5.91 Å². The smallest absolute Gasteiger partial charge is 0.239 e. The third-order valence-corrected chi connectivity index (χ3v) is 3.49. The molecule has 1 atom stereocenters. The van der Waals surface area contributed by atoms with E-state index in [9.17, 15) is 4.79 Å². The molecule has 3 heteroatoms. The number of nitrogens with zero attached hydrogens (tertiary/aromatic N) is 1. The number of nitrogens with one attached hydrogen (secondary N) is 1. The SMILES string of the molecule is Cc1ccc(C)c(CNC(CC(C)C)C(=O)N(C)C)c1. The zero-order chi connectivity index (χ0) is 15.3. The Labute approximate surface area is 123 Å². The monoisotopic (exact) mass is 276 g/mol. The summed E-state index contributed by atoms with van der Waals surface area (Å²) >= 11 is 0. The average Bonchev–Trinajstić information content (AvgIpc) is 2.36. The van der Waals surface area contributed by atoms with Crippen molar-refractivity contribution in [2.75, 3.05) is 14.1 Å². The Hall–Kier alpha value is -1.35. The van der Waals surface area contributed by atoms with E-state index in [1.54, 1.807) is 4.90 Å². The summed E-state index contributed by atoms with van der Waals surface area (Å²) in [5.74, 6) is 0.652. The van der Waals surface area contributed by atoms with Gasteiger partial charge in [-0.1, -0.05) is 37.6 Å². The third kappa shape index (κ3) is 4.97. The Kier molecular flexibility index (Phi) is 6.21. The maximum Gasteiger partial charge on any atom is 0.239 e. The topological polar surface area (TPSA) is 32.3 Å². The molecular formula is C17H28N2O. The van der Waals surface area contributed by atoms with E-state index in [-0.39, 0.29) is 11.9 Å². The molecule has 20 heavy (non-hydrogen) atoms. The van der Waals surface area contributed by atoms with Gasteiger partial charge in [0.05, 0.1) is 6.04 Å². The first-order valence-electron chi connectivity index (χ1n) is 7.32. The van der Waals surface area contributed by atoms with Crippen LogP contribution in [0.5, 0.6) is 0 Å². The summed E-state index contributed by atoms with van der Waals surface area (Å²) in [4.78, 5) is 13.9. The zero-order valence-electron chi connectivity index (χ0n) is 13.7. The minimum absolute atomic E-state index is 0.107. The summed E-state index contributed by atoms with van der Waals surface area (Å²) in [6.45, 7) is 9.25. The van der Waals surface area contributed by atoms with Crippen molar-refractivity contribution in [3.05, 3.63) is 34.9 Å². The highest BCUT2D eigenvalue weighted by molar-refractivity contribution is 5.81. The maximum absolute atomic E-state index is 12.2. The van der Waals surface area contributed by atoms with Crippen LogP contribution in [0.2, 0.25) is 0 Å². The highest BCUT2D eigenvalue weighted by Gasteiger charge is 2.20. The van der Waals surface area contributed by atoms with Gasteiger partial charge < -0.3 is 10.2 Å². The first kappa shape index (κ1) is 16.7. The number of hydrogen-bond acceptors (Lipinski definition) is 2. The van der Waals surface area contributed by atoms with Crippen LogP contribution in [0, 0.1) is 19.8 Å². The van der Waals surface area contributed by atoms with Gasteiger partial charge in [0.25, 0.3) is 0 Å². The van der Waals surface area contributed by atoms with Crippen molar-refractivity contribution in [2.45, 2.75) is 46.7 Å². The van der Waals surface area contributed by atoms with Crippen molar-refractivity contribution in [3.63, 3.8) is 0 Å². The molecule has 3 nitrogen and oxygen atoms in total. The van der Waals surface area contributed by atoms with Gasteiger partial charge in [0.1, 0.15) is 0 Å². The van der Waals surface area contributed by atoms with Crippen molar-refractivity contribution in [2.24, 2.45) is 5.92 Å². The standard InChI is InChI=1S/C17H28N2O/c1-12(2)9-16(17(20)19(5)6)18-11-15-10-13(3)7-8-14(15)4/h7-8,10,12,16,18H,9,11H2,1-6H3. The molecule has 1 unspecified atom stereocenters. The van der Waals surface area contributed by atoms with E-state index < -0.39 is 0 Å². The van der Waals surface area contributed by atoms with E-state index in [1.165, 1.54) is 16.7 Å². The average molecular weight is 276 g/mol. The van der Waals surface area contributed by atoms with Crippen LogP contribution in [-0.4, -0.2) is 30.9 Å². The van der Waals surface area contributed by atoms with E-state index in [1.807, 2.05) is 14.1 Å². The minimum atomic E-state index is -0.107. The van der Waals surface area contributed by atoms with Gasteiger partial charge >= 0.3 is 0 Å². The second kappa shape index (κ2) is 7.44. The van der Waals surface area contributed by atoms with Crippen LogP contribution < -0.4 is 5.32 Å². The van der Waals surface area contributed by atoms with Crippen molar-refractivity contribution < 1.29 is 4.79 Å². The van der Waals surface area contributed by atoms with E-state index in [0.717, 1.165) is 13.0 Å². The zero-order valence-corrected chi connectivity index (χ0v) is 13.7. The first-order valence-corrected chi connectivity index (χ1v) is 7.32. The summed E-state index contributed by atoms with van der Waals surface area (Å²) in [6.07, 6.45) is 0.863. The molecule has 0 saturated heterocycles. The predicted molar refractivity (Wildman–Crippen MR) is 84.7 cm³/mol. The highest BCUT2D eigenvalue weighted by atomic mass is 16.2. The minimum Gasteiger partial charge on any atom is -0.347 e. The lowest BCUT2D eigenvalue weighted by Crippen LogP contribution is -2.44. The van der Waals surface area contributed by atoms with E-state index in [4.69, 9.17) is 0 Å². The molecule has 0 aromatic heterocycles. The molecule has 0 aliphatic heterocycles. The number of rotatable bonds is 6. The van der Waals surface area contributed by atoms with Gasteiger partial charge in [-0.05, 0) is 37.3 Å². The number of amides is 1. The van der Waals surface area contributed by atoms with Gasteiger partial charge in [-0.3, -0.25) is 4.79 Å². The lowest BCUT2D eigenvalue weighted by atomic mass is 10.0. The predicted octanol–water partition coefficient (Wildman–Crippen LogP) is 2.90. The van der Waals surface area contributed by atoms with Crippen LogP contribution in [0.4, 0.5) is 0 Å². The molecule has 112 valence electrons. The normalized spacial score (nSPS) is 12.6. The Bertz CT molecular complexity index is 452. The van der Waals surface area contributed by atoms with Crippen LogP contribution in [-0.2, 0) is 11.3 Å². The molecule has 1 amide bonds. The molecule has 0 aliphatic rings. The highest BCUT2D eigenvalue weighted by Crippen LogP contribution is 2.12. The van der Waals surface area contributed by atoms with E-state index in [2.05, 4.69) is 51.2 Å². The number of likely N-dealkylation sites (N-methyl/N-ethyl adjacent to an activating group) is 1. The van der Waals surface area contributed by atoms with Crippen molar-refractivity contribution in [1.82, 2.24) is 10.2 Å². The molecule has 1 N–H and O–H groups in total. The number of hydrogen-bond donors (Lipinski definition) is 1. The van der Waals surface area contributed by atoms with Crippen molar-refractivity contribution in [3.8, 4) is 0 Å². The molecular weight excluding hydrogens is 248 g/mol. The summed E-state index contributed by atoms with van der Waals surface area (Å²) < 4.78 is 0. The second-order valence-corrected chi connectivity index (χ2v) is 6.23. The lowest BCUT2D eigenvalue weighted by molar-refractivity contribution is -0.131. The van der Waals surface area contributed by atoms with Crippen molar-refractivity contribution >= 4 is 5.91 Å². The maximum atomic E-state index is 12.2. The molecule has 0 radical (unpaired) electrons. The van der Waals surface area contributed by atoms with Gasteiger partial charge in [-0.2, -0.15) is 0 Å². The fraction of sp³-hybridized carbons (Fsp3) is 0.588. The fourth-order valence-electron chi connectivity index (χ4n) is 2.28. The number of carbonyl (C=O) groups excluding carboxylic acids is 1. The summed E-state index contributed by atoms with van der Waals surface area (Å²) in [7, 11) is 3.63. The van der Waals surface area contributed by atoms with Crippen LogP contribution >= 0.6 is 0 Å². The van der Waals surface area contributed by atoms with E-state index >= 15 is 0 Å². The van der Waals surface area contributed by atoms with Crippen LogP contribution in [0.25, 0.3) is 0 Å². The lowest BCUT2D eigenvalue weighted by Gasteiger charge is -2.23. The molecule has 0 saturated carbocycles. The summed E-state index contributed by atoms with van der Waals surface area (Å²) in [5.41, 5.74) is 3.79. The summed E-state index contributed by atoms with van der Waals surface area (Å²) in [6, 6.07) is 6.34. The van der Waals surface area contributed by atoms with Gasteiger partial charge in [0, 0.05) is 20.6 Å². The van der Waals surface area contributed by atoms with Crippen LogP contribution in [0.15, 0.2) is 18.2 Å². The van der Waals surface area contributed by atoms with Gasteiger partial charge in [0.15, 0.2) is 0 Å². The van der Waals surface area contributed by atoms with Crippen molar-refractivity contribution in [1.29, 1.82) is 0 Å². The molecule has 0 heterocycles. The third-order valence-electron chi connectivity index (χ3n) is 3.49. The molecule has 0 fully saturated rings. The second-order valence-electron chi connectivity index (χ2n) is 6.23. The Morgan fingerprint density at radius 2 is 1.90 bits per heavy atom. The number of aryl methyl sites for hydroxylation is 2. The Morgan fingerprint density at radius 3 is 2.45 bits per heavy atom. The van der Waals surface area contributed by atoms with Crippen LogP contribution in [0.1, 0.15) is 37.0 Å². The molecule has 1 rings (SSSR count). The molecule has 1 aromatic carbocycles. The number of carbonyl (C=O) groups is 1. The Morgan fingerprint density at radius 1 is 1.25 bits per heavy atom. The fourth-order valence-corrected chi connectivity index (χ4v) is 2.28. The first-order chi connectivity index (χ1) is 9.31. The quantitative estimate of drug-likeness (QED) is 0.866. The summed E-state index contributed by atoms with van der Waals surface area (Å²) in [5, 5.41) is 3.43. The molecule has 0 aliphatic carbocycles. The van der Waals surface area contributed by atoms with Gasteiger partial charge in [-0.25, -0.2) is 0 Å². The van der Waals surface area contributed by atoms with Gasteiger partial charge in [-0.15, -0.1) is 0 Å². The molecule has 1 aromatic rings. The largest absolute Gasteiger partial charge is 0.347 e. The molecule has 0 bridgehead atoms.